The minimum absolute atomic E-state index is 0.0788. The minimum Gasteiger partial charge on any atom is -0.467 e. The number of hydrogen-bond acceptors (Lipinski definition) is 44. The van der Waals surface area contributed by atoms with E-state index in [1.54, 1.807) is 0 Å². The van der Waals surface area contributed by atoms with E-state index in [2.05, 4.69) is 75.0 Å². The molecular formula is C34H52F2O44S10. The molecule has 5 fully saturated rings. The number of rotatable bonds is 8. The average Bonchev–Trinajstić information content (AvgIpc) is 1.56. The molecule has 0 N–H and O–H groups in total. The van der Waals surface area contributed by atoms with Gasteiger partial charge in [-0.1, -0.05) is 0 Å². The van der Waals surface area contributed by atoms with E-state index in [9.17, 15) is 127 Å². The molecule has 9 unspecified atom stereocenters. The molecule has 5 saturated heterocycles. The summed E-state index contributed by atoms with van der Waals surface area (Å²) in [7, 11) is -40.9. The quantitative estimate of drug-likeness (QED) is 0.124. The van der Waals surface area contributed by atoms with Crippen molar-refractivity contribution in [1.82, 2.24) is 0 Å². The number of hydrogen-bond donors (Lipinski definition) is 0. The topological polar surface area (TPSA) is 618 Å². The van der Waals surface area contributed by atoms with Gasteiger partial charge in [0.05, 0.1) is 72.3 Å². The summed E-state index contributed by atoms with van der Waals surface area (Å²) in [6, 6.07) is 0. The van der Waals surface area contributed by atoms with Crippen LogP contribution in [0.4, 0.5) is 8.78 Å². The van der Waals surface area contributed by atoms with Gasteiger partial charge in [0.15, 0.2) is 18.3 Å². The first-order valence-corrected chi connectivity index (χ1v) is 37.7. The second kappa shape index (κ2) is 32.4. The normalized spacial score (nSPS) is 30.2. The van der Waals surface area contributed by atoms with Gasteiger partial charge in [-0.3, -0.25) is 25.1 Å². The molecule has 0 spiro atoms. The summed E-state index contributed by atoms with van der Waals surface area (Å²) in [6.07, 6.45) is -13.8. The van der Waals surface area contributed by atoms with Gasteiger partial charge in [-0.05, 0) is 20.8 Å². The van der Waals surface area contributed by atoms with Gasteiger partial charge in [0.2, 0.25) is 28.5 Å². The smallest absolute Gasteiger partial charge is 0.349 e. The Bertz CT molecular complexity index is 3700. The van der Waals surface area contributed by atoms with E-state index in [0.29, 0.717) is 0 Å². The molecule has 0 bridgehead atoms. The van der Waals surface area contributed by atoms with E-state index in [-0.39, 0.29) is 6.61 Å². The number of methoxy groups -OCH3 is 6. The Hall–Kier alpha value is -4.75. The van der Waals surface area contributed by atoms with Crippen LogP contribution >= 0.6 is 0 Å². The van der Waals surface area contributed by atoms with Crippen molar-refractivity contribution in [2.75, 3.05) is 92.1 Å². The predicted molar refractivity (Wildman–Crippen MR) is 273 cm³/mol. The number of ether oxygens (including phenoxy) is 7. The van der Waals surface area contributed by atoms with E-state index in [1.807, 2.05) is 0 Å². The van der Waals surface area contributed by atoms with E-state index < -0.39 is 242 Å². The fourth-order valence-corrected chi connectivity index (χ4v) is 18.2. The molecule has 0 aromatic heterocycles. The first-order valence-electron chi connectivity index (χ1n) is 22.7. The molecule has 5 aliphatic heterocycles. The molecule has 0 radical (unpaired) electrons. The number of alkyl halides is 2. The Labute approximate surface area is 511 Å². The monoisotopic (exact) mass is 1520 g/mol. The number of halogens is 2. The number of carbonyl (C=O) groups excluding carboxylic acids is 7. The maximum atomic E-state index is 13.0. The lowest BCUT2D eigenvalue weighted by Crippen LogP contribution is -2.49. The van der Waals surface area contributed by atoms with Gasteiger partial charge in [0, 0.05) is 0 Å². The highest BCUT2D eigenvalue weighted by Crippen LogP contribution is 2.34. The Morgan fingerprint density at radius 1 is 0.356 bits per heavy atom. The van der Waals surface area contributed by atoms with Crippen molar-refractivity contribution in [2.45, 2.75) is 77.2 Å². The SMILES string of the molecule is CCOC(=O)C1COS(=O)(=O)C(F)S(=O)(=O)O1.COC(=O)C1COS(=O)(=O)C(F)S(=O)(=O)O1.COC(=O)C1COS(=O)(=O)CCS(=O)(=O)O1.COC(=O)C1OS(=O)(=O)C(C)(C)S(=O)(=O)OC1C(=O)OC.COC(=O)C1OS(=O)(=O)CCS(=O)(=O)OC1C(=O)OC. The minimum atomic E-state index is -5.10. The molecule has 9 atom stereocenters. The zero-order valence-corrected chi connectivity index (χ0v) is 54.8. The molecular weight excluding hydrogens is 1470 g/mol. The lowest BCUT2D eigenvalue weighted by Gasteiger charge is -2.24. The highest BCUT2D eigenvalue weighted by Gasteiger charge is 2.59. The third-order valence-electron chi connectivity index (χ3n) is 9.93. The van der Waals surface area contributed by atoms with Gasteiger partial charge in [-0.2, -0.15) is 84.2 Å². The van der Waals surface area contributed by atoms with Gasteiger partial charge >= 0.3 is 91.9 Å². The molecule has 5 heterocycles. The van der Waals surface area contributed by atoms with Crippen LogP contribution in [0.1, 0.15) is 20.8 Å². The van der Waals surface area contributed by atoms with E-state index in [1.165, 1.54) is 6.92 Å². The van der Waals surface area contributed by atoms with E-state index in [0.717, 1.165) is 56.5 Å². The van der Waals surface area contributed by atoms with Gasteiger partial charge in [0.1, 0.15) is 19.8 Å². The Morgan fingerprint density at radius 2 is 0.611 bits per heavy atom. The van der Waals surface area contributed by atoms with Gasteiger partial charge in [-0.25, -0.2) is 59.1 Å². The molecule has 90 heavy (non-hydrogen) atoms. The summed E-state index contributed by atoms with van der Waals surface area (Å²) in [6.45, 7) is 0.324. The molecule has 0 aromatic rings. The largest absolute Gasteiger partial charge is 0.467 e. The van der Waals surface area contributed by atoms with E-state index >= 15 is 0 Å². The summed E-state index contributed by atoms with van der Waals surface area (Å²) in [5.74, 6) is -11.8. The molecule has 0 aromatic carbocycles. The summed E-state index contributed by atoms with van der Waals surface area (Å²) < 4.78 is 322. The lowest BCUT2D eigenvalue weighted by atomic mass is 10.2. The maximum Gasteiger partial charge on any atom is 0.349 e. The predicted octanol–water partition coefficient (Wildman–Crippen LogP) is -8.11. The van der Waals surface area contributed by atoms with Crippen LogP contribution in [0.2, 0.25) is 0 Å². The van der Waals surface area contributed by atoms with Crippen molar-refractivity contribution >= 4 is 143 Å². The van der Waals surface area contributed by atoms with Crippen LogP contribution < -0.4 is 0 Å². The summed E-state index contributed by atoms with van der Waals surface area (Å²) in [4.78, 5) is 72.4. The number of esters is 7. The highest BCUT2D eigenvalue weighted by atomic mass is 32.3. The fraction of sp³-hybridized carbons (Fsp3) is 0.794. The third-order valence-corrected chi connectivity index (χ3v) is 26.4. The molecule has 56 heteroatoms. The van der Waals surface area contributed by atoms with E-state index in [4.69, 9.17) is 0 Å². The Balaban J connectivity index is 0.000000565. The molecule has 5 rings (SSSR count). The van der Waals surface area contributed by atoms with Crippen molar-refractivity contribution in [3.05, 3.63) is 0 Å². The molecule has 44 nitrogen and oxygen atoms in total. The van der Waals surface area contributed by atoms with Crippen LogP contribution in [-0.2, 0) is 210 Å². The van der Waals surface area contributed by atoms with Crippen molar-refractivity contribution in [1.29, 1.82) is 0 Å². The summed E-state index contributed by atoms with van der Waals surface area (Å²) >= 11 is 0. The maximum absolute atomic E-state index is 13.0. The standard InChI is InChI=1S/C9H14O10S2.C8H12O10S2.C6H9FO8S2.C6H10O8S2.C5H7FO8S2/c1-9(2)20(12,13)18-5(7(10)16-3)6(8(11)17-4)19-21(9,14)15;1-15-7(9)5-6(8(10)16-2)18-20(13,14)4-3-19(11,12)17-5;1-2-13-5(8)4-3-14-16(9,10)6(7)17(11,12)15-4;1-12-6(7)5-4-13-15(8,9)2-3-16(10,11)14-5;1-12-4(7)3-2-13-15(8,9)5(6)16(10,11)14-3/h5-6H,1-4H3;5-6H,3-4H2,1-2H3;4,6H,2-3H2,1H3;5H,2-4H2,1H3;3,5H,2H2,1H3. The van der Waals surface area contributed by atoms with Crippen molar-refractivity contribution < 1.29 is 202 Å². The summed E-state index contributed by atoms with van der Waals surface area (Å²) in [5.41, 5.74) is 0. The van der Waals surface area contributed by atoms with Crippen LogP contribution in [0, 0.1) is 0 Å². The highest BCUT2D eigenvalue weighted by molar-refractivity contribution is 8.06. The zero-order valence-electron chi connectivity index (χ0n) is 46.7. The summed E-state index contributed by atoms with van der Waals surface area (Å²) in [5, 5.41) is 0. The first-order chi connectivity index (χ1) is 40.7. The lowest BCUT2D eigenvalue weighted by molar-refractivity contribution is -0.165. The van der Waals surface area contributed by atoms with Crippen molar-refractivity contribution in [2.24, 2.45) is 0 Å². The van der Waals surface area contributed by atoms with Gasteiger partial charge in [0.25, 0.3) is 60.7 Å². The third kappa shape index (κ3) is 23.4. The molecule has 5 aliphatic rings. The van der Waals surface area contributed by atoms with Gasteiger partial charge in [-0.15, -0.1) is 0 Å². The van der Waals surface area contributed by atoms with Crippen LogP contribution in [0.5, 0.6) is 0 Å². The van der Waals surface area contributed by atoms with Crippen molar-refractivity contribution in [3.63, 3.8) is 0 Å². The molecule has 0 saturated carbocycles. The number of carbonyl (C=O) groups is 7. The van der Waals surface area contributed by atoms with Crippen LogP contribution in [0.25, 0.3) is 0 Å². The molecule has 0 amide bonds. The van der Waals surface area contributed by atoms with Gasteiger partial charge < -0.3 is 33.2 Å². The second-order valence-electron chi connectivity index (χ2n) is 16.4. The molecule has 526 valence electrons. The first kappa shape index (κ1) is 83.3. The van der Waals surface area contributed by atoms with Crippen LogP contribution in [0.15, 0.2) is 0 Å². The molecule has 0 aliphatic carbocycles. The second-order valence-corrected chi connectivity index (χ2v) is 34.9. The Morgan fingerprint density at radius 3 is 0.911 bits per heavy atom. The average molecular weight is 1520 g/mol. The Kier molecular flexibility index (Phi) is 30.0. The zero-order chi connectivity index (χ0) is 70.4. The fourth-order valence-electron chi connectivity index (χ4n) is 5.24. The van der Waals surface area contributed by atoms with Crippen molar-refractivity contribution in [3.8, 4) is 0 Å². The van der Waals surface area contributed by atoms with Crippen LogP contribution in [-0.4, -0.2) is 275 Å². The van der Waals surface area contributed by atoms with Crippen LogP contribution in [0.3, 0.4) is 0 Å².